The molecule has 4 nitrogen and oxygen atoms in total. The van der Waals surface area contributed by atoms with Gasteiger partial charge in [0.05, 0.1) is 0 Å². The molecule has 0 saturated carbocycles. The maximum absolute atomic E-state index is 5.24. The summed E-state index contributed by atoms with van der Waals surface area (Å²) in [6.45, 7) is 0.234. The second kappa shape index (κ2) is 6.15. The molecule has 0 atom stereocenters. The van der Waals surface area contributed by atoms with Crippen LogP contribution in [-0.4, -0.2) is 28.3 Å². The number of methoxy groups -OCH3 is 1. The van der Waals surface area contributed by atoms with Gasteiger partial charge in [-0.3, -0.25) is 0 Å². The average Bonchev–Trinajstić information content (AvgIpc) is 2.24. The number of rotatable bonds is 5. The molecule has 1 aromatic carbocycles. The molecule has 1 aromatic rings. The molecule has 0 aromatic heterocycles. The van der Waals surface area contributed by atoms with Crippen molar-refractivity contribution in [1.82, 2.24) is 0 Å². The molecule has 74 valence electrons. The second-order valence-corrected chi connectivity index (χ2v) is 2.52. The fraction of sp³-hybridized carbons (Fsp3) is 0.333. The molecule has 0 fully saturated rings. The molecule has 0 aliphatic heterocycles. The van der Waals surface area contributed by atoms with E-state index in [1.54, 1.807) is 20.3 Å². The Morgan fingerprint density at radius 2 is 2.21 bits per heavy atom. The van der Waals surface area contributed by atoms with E-state index < -0.39 is 0 Å². The summed E-state index contributed by atoms with van der Waals surface area (Å²) in [4.78, 5) is 4.03. The van der Waals surface area contributed by atoms with E-state index in [0.29, 0.717) is 0 Å². The Kier molecular flexibility index (Phi) is 4.71. The first-order valence-electron chi connectivity index (χ1n) is 4.14. The van der Waals surface area contributed by atoms with E-state index in [-0.39, 0.29) is 6.79 Å². The predicted octanol–water partition coefficient (Wildman–Crippen LogP) is 1.75. The van der Waals surface area contributed by atoms with Crippen LogP contribution in [0.4, 0.5) is 5.69 Å². The molecule has 0 heterocycles. The molecule has 0 spiro atoms. The van der Waals surface area contributed by atoms with Crippen molar-refractivity contribution in [3.8, 4) is 5.75 Å². The molecule has 14 heavy (non-hydrogen) atoms. The Morgan fingerprint density at radius 3 is 2.93 bits per heavy atom. The number of hydrogen-bond acceptors (Lipinski definition) is 4. The summed E-state index contributed by atoms with van der Waals surface area (Å²) in [5, 5.41) is 0. The Bertz CT molecular complexity index is 304. The molecule has 0 saturated heterocycles. The van der Waals surface area contributed by atoms with Gasteiger partial charge in [0.25, 0.3) is 0 Å². The number of benzene rings is 1. The van der Waals surface area contributed by atoms with Crippen LogP contribution in [-0.2, 0) is 9.39 Å². The third-order valence-electron chi connectivity index (χ3n) is 1.47. The molecule has 0 aliphatic rings. The molecule has 0 N–H and O–H groups in total. The van der Waals surface area contributed by atoms with Crippen molar-refractivity contribution in [2.75, 3.05) is 21.0 Å². The van der Waals surface area contributed by atoms with E-state index >= 15 is 0 Å². The van der Waals surface area contributed by atoms with Gasteiger partial charge in [-0.05, 0) is 0 Å². The van der Waals surface area contributed by atoms with E-state index in [1.807, 2.05) is 18.2 Å². The Labute approximate surface area is 83.8 Å². The first-order chi connectivity index (χ1) is 6.86. The van der Waals surface area contributed by atoms with Gasteiger partial charge in [-0.1, -0.05) is 0 Å². The second-order valence-electron chi connectivity index (χ2n) is 2.52. The molecule has 0 bridgehead atoms. The molecule has 0 aliphatic carbocycles. The van der Waals surface area contributed by atoms with Gasteiger partial charge in [0.1, 0.15) is 0 Å². The van der Waals surface area contributed by atoms with Crippen LogP contribution in [0.2, 0.25) is 0 Å². The predicted molar refractivity (Wildman–Crippen MR) is 53.8 cm³/mol. The monoisotopic (exact) mass is 193 g/mol. The number of ether oxygens (including phenoxy) is 2. The van der Waals surface area contributed by atoms with E-state index in [4.69, 9.17) is 14.1 Å². The molecule has 0 unspecified atom stereocenters. The third-order valence-corrected chi connectivity index (χ3v) is 1.47. The van der Waals surface area contributed by atoms with Gasteiger partial charge in [-0.25, -0.2) is 0 Å². The summed E-state index contributed by atoms with van der Waals surface area (Å²) < 4.78 is 14.7. The maximum atomic E-state index is 5.24. The fourth-order valence-corrected chi connectivity index (χ4v) is 0.894. The van der Waals surface area contributed by atoms with Crippen LogP contribution in [0.5, 0.6) is 5.75 Å². The standard InChI is InChI=1S/C9H12BNO3/c1-12-7-14-9-5-3-4-8(6-9)11-10-13-2/h3-6H,7H2,1-2H3. The van der Waals surface area contributed by atoms with Crippen LogP contribution < -0.4 is 4.74 Å². The minimum absolute atomic E-state index is 0.234. The normalized spacial score (nSPS) is 9.86. The van der Waals surface area contributed by atoms with Crippen molar-refractivity contribution >= 4 is 13.0 Å². The summed E-state index contributed by atoms with van der Waals surface area (Å²) >= 11 is 0. The molecular formula is C9H12BNO3. The van der Waals surface area contributed by atoms with Crippen molar-refractivity contribution in [2.24, 2.45) is 4.90 Å². The molecule has 1 rings (SSSR count). The molecule has 0 amide bonds. The van der Waals surface area contributed by atoms with Crippen LogP contribution >= 0.6 is 0 Å². The van der Waals surface area contributed by atoms with Crippen LogP contribution in [0.3, 0.4) is 0 Å². The topological polar surface area (TPSA) is 40.0 Å². The number of nitrogens with zero attached hydrogens (tertiary/aromatic N) is 1. The van der Waals surface area contributed by atoms with E-state index in [1.165, 1.54) is 7.27 Å². The minimum atomic E-state index is 0.234. The van der Waals surface area contributed by atoms with Gasteiger partial charge in [0.2, 0.25) is 0 Å². The van der Waals surface area contributed by atoms with Crippen molar-refractivity contribution in [2.45, 2.75) is 0 Å². The quantitative estimate of drug-likeness (QED) is 0.528. The Morgan fingerprint density at radius 1 is 1.36 bits per heavy atom. The number of hydrogen-bond donors (Lipinski definition) is 0. The first-order valence-corrected chi connectivity index (χ1v) is 4.14. The SMILES string of the molecule is COB=Nc1cccc(OCOC)c1. The van der Waals surface area contributed by atoms with Crippen LogP contribution in [0.25, 0.3) is 0 Å². The van der Waals surface area contributed by atoms with Crippen molar-refractivity contribution in [3.05, 3.63) is 24.3 Å². The third kappa shape index (κ3) is 3.57. The summed E-state index contributed by atoms with van der Waals surface area (Å²) in [6.07, 6.45) is 0. The Balaban J connectivity index is 2.63. The van der Waals surface area contributed by atoms with Gasteiger partial charge in [-0.15, -0.1) is 0 Å². The van der Waals surface area contributed by atoms with Crippen LogP contribution in [0.1, 0.15) is 0 Å². The van der Waals surface area contributed by atoms with Gasteiger partial charge in [0.15, 0.2) is 0 Å². The zero-order chi connectivity index (χ0) is 10.2. The summed E-state index contributed by atoms with van der Waals surface area (Å²) in [5.41, 5.74) is 0.778. The molecular weight excluding hydrogens is 181 g/mol. The van der Waals surface area contributed by atoms with Crippen molar-refractivity contribution < 1.29 is 14.1 Å². The van der Waals surface area contributed by atoms with E-state index in [9.17, 15) is 0 Å². The molecule has 0 radical (unpaired) electrons. The van der Waals surface area contributed by atoms with Gasteiger partial charge >= 0.3 is 83.0 Å². The van der Waals surface area contributed by atoms with Gasteiger partial charge < -0.3 is 0 Å². The zero-order valence-electron chi connectivity index (χ0n) is 8.27. The van der Waals surface area contributed by atoms with Crippen molar-refractivity contribution in [1.29, 1.82) is 0 Å². The van der Waals surface area contributed by atoms with Gasteiger partial charge in [-0.2, -0.15) is 0 Å². The van der Waals surface area contributed by atoms with E-state index in [2.05, 4.69) is 4.90 Å². The molecule has 5 heteroatoms. The van der Waals surface area contributed by atoms with E-state index in [0.717, 1.165) is 11.4 Å². The average molecular weight is 193 g/mol. The van der Waals surface area contributed by atoms with Crippen molar-refractivity contribution in [3.63, 3.8) is 0 Å². The van der Waals surface area contributed by atoms with Crippen LogP contribution in [0, 0.1) is 0 Å². The van der Waals surface area contributed by atoms with Gasteiger partial charge in [0, 0.05) is 0 Å². The fourth-order valence-electron chi connectivity index (χ4n) is 0.894. The summed E-state index contributed by atoms with van der Waals surface area (Å²) in [5.74, 6) is 0.720. The summed E-state index contributed by atoms with van der Waals surface area (Å²) in [7, 11) is 4.50. The summed E-state index contributed by atoms with van der Waals surface area (Å²) in [6, 6.07) is 7.35. The Hall–Kier alpha value is -1.36. The zero-order valence-corrected chi connectivity index (χ0v) is 8.27. The van der Waals surface area contributed by atoms with Crippen LogP contribution in [0.15, 0.2) is 29.2 Å². The first kappa shape index (κ1) is 10.7.